The number of ether oxygens (including phenoxy) is 2. The fourth-order valence-electron chi connectivity index (χ4n) is 3.73. The molecular weight excluding hydrogens is 420 g/mol. The van der Waals surface area contributed by atoms with Crippen molar-refractivity contribution in [3.05, 3.63) is 98.3 Å². The van der Waals surface area contributed by atoms with Crippen molar-refractivity contribution >= 4 is 33.4 Å². The van der Waals surface area contributed by atoms with Crippen LogP contribution in [0.3, 0.4) is 0 Å². The molecule has 0 saturated heterocycles. The number of benzene rings is 3. The second kappa shape index (κ2) is 8.48. The molecule has 160 valence electrons. The molecular formula is C26H22N2O3S. The molecule has 0 aliphatic rings. The lowest BCUT2D eigenvalue weighted by Crippen LogP contribution is -2.22. The van der Waals surface area contributed by atoms with Crippen molar-refractivity contribution in [2.45, 2.75) is 20.5 Å². The fraction of sp³-hybridized carbons (Fsp3) is 0.154. The number of hydrogen-bond acceptors (Lipinski definition) is 5. The standard InChI is InChI=1S/C26H22N2O3S/c1-3-30-23-14-18(11-12-22(23)31-16-19-8-6-7-17(2)13-19)15-24-25(29)28-21-10-5-4-9-20(21)27-26(28)32-24/h4-15H,3,16H2,1-2H3/b24-15-. The summed E-state index contributed by atoms with van der Waals surface area (Å²) >= 11 is 1.39. The molecule has 0 unspecified atom stereocenters. The predicted octanol–water partition coefficient (Wildman–Crippen LogP) is 4.74. The van der Waals surface area contributed by atoms with E-state index in [2.05, 4.69) is 24.0 Å². The highest BCUT2D eigenvalue weighted by Gasteiger charge is 2.11. The van der Waals surface area contributed by atoms with Crippen LogP contribution in [0.4, 0.5) is 0 Å². The minimum atomic E-state index is -0.0589. The average molecular weight is 443 g/mol. The van der Waals surface area contributed by atoms with Crippen molar-refractivity contribution < 1.29 is 9.47 Å². The Balaban J connectivity index is 1.48. The summed E-state index contributed by atoms with van der Waals surface area (Å²) in [5.74, 6) is 1.34. The molecule has 32 heavy (non-hydrogen) atoms. The van der Waals surface area contributed by atoms with Crippen LogP contribution in [0, 0.1) is 6.92 Å². The average Bonchev–Trinajstić information content (AvgIpc) is 3.29. The van der Waals surface area contributed by atoms with Gasteiger partial charge in [0, 0.05) is 0 Å². The number of rotatable bonds is 6. The molecule has 5 aromatic rings. The van der Waals surface area contributed by atoms with Gasteiger partial charge in [0.05, 0.1) is 22.2 Å². The summed E-state index contributed by atoms with van der Waals surface area (Å²) in [5, 5.41) is 0. The van der Waals surface area contributed by atoms with Gasteiger partial charge in [-0.2, -0.15) is 0 Å². The first-order valence-corrected chi connectivity index (χ1v) is 11.3. The fourth-order valence-corrected chi connectivity index (χ4v) is 4.72. The molecule has 0 N–H and O–H groups in total. The van der Waals surface area contributed by atoms with Gasteiger partial charge in [-0.3, -0.25) is 4.79 Å². The lowest BCUT2D eigenvalue weighted by molar-refractivity contribution is 0.269. The molecule has 3 aromatic carbocycles. The van der Waals surface area contributed by atoms with Gasteiger partial charge < -0.3 is 9.47 Å². The molecule has 5 nitrogen and oxygen atoms in total. The van der Waals surface area contributed by atoms with Crippen LogP contribution in [0.1, 0.15) is 23.6 Å². The van der Waals surface area contributed by atoms with Gasteiger partial charge >= 0.3 is 0 Å². The molecule has 0 radical (unpaired) electrons. The summed E-state index contributed by atoms with van der Waals surface area (Å²) < 4.78 is 14.2. The Morgan fingerprint density at radius 2 is 1.88 bits per heavy atom. The molecule has 0 aliphatic heterocycles. The van der Waals surface area contributed by atoms with Gasteiger partial charge in [0.25, 0.3) is 5.56 Å². The van der Waals surface area contributed by atoms with Crippen molar-refractivity contribution in [2.24, 2.45) is 0 Å². The van der Waals surface area contributed by atoms with Crippen molar-refractivity contribution in [3.63, 3.8) is 0 Å². The van der Waals surface area contributed by atoms with Crippen LogP contribution in [0.5, 0.6) is 11.5 Å². The summed E-state index contributed by atoms with van der Waals surface area (Å²) in [7, 11) is 0. The molecule has 0 aliphatic carbocycles. The van der Waals surface area contributed by atoms with E-state index in [1.807, 2.05) is 67.6 Å². The van der Waals surface area contributed by atoms with Crippen LogP contribution in [0.15, 0.2) is 71.5 Å². The van der Waals surface area contributed by atoms with Crippen molar-refractivity contribution in [1.82, 2.24) is 9.38 Å². The number of nitrogens with zero attached hydrogens (tertiary/aromatic N) is 2. The van der Waals surface area contributed by atoms with Gasteiger partial charge in [0.1, 0.15) is 6.61 Å². The first-order valence-electron chi connectivity index (χ1n) is 10.5. The molecule has 2 heterocycles. The summed E-state index contributed by atoms with van der Waals surface area (Å²) in [6, 6.07) is 21.7. The Labute approximate surface area is 189 Å². The Bertz CT molecular complexity index is 1530. The SMILES string of the molecule is CCOc1cc(/C=c2\sc3nc4ccccc4n3c2=O)ccc1OCc1cccc(C)c1. The van der Waals surface area contributed by atoms with E-state index in [9.17, 15) is 4.79 Å². The Hall–Kier alpha value is -3.64. The van der Waals surface area contributed by atoms with Crippen LogP contribution in [-0.2, 0) is 6.61 Å². The number of fused-ring (bicyclic) bond motifs is 3. The van der Waals surface area contributed by atoms with E-state index >= 15 is 0 Å². The van der Waals surface area contributed by atoms with Crippen LogP contribution >= 0.6 is 11.3 Å². The molecule has 0 bridgehead atoms. The number of para-hydroxylation sites is 2. The van der Waals surface area contributed by atoms with E-state index in [0.29, 0.717) is 34.2 Å². The van der Waals surface area contributed by atoms with Gasteiger partial charge in [0.2, 0.25) is 0 Å². The highest BCUT2D eigenvalue weighted by atomic mass is 32.1. The molecule has 0 saturated carbocycles. The third kappa shape index (κ3) is 3.85. The normalized spacial score (nSPS) is 12.0. The van der Waals surface area contributed by atoms with E-state index in [0.717, 1.165) is 22.2 Å². The zero-order chi connectivity index (χ0) is 22.1. The molecule has 0 amide bonds. The lowest BCUT2D eigenvalue weighted by Gasteiger charge is -2.13. The predicted molar refractivity (Wildman–Crippen MR) is 129 cm³/mol. The molecule has 0 fully saturated rings. The van der Waals surface area contributed by atoms with Gasteiger partial charge in [-0.1, -0.05) is 59.4 Å². The van der Waals surface area contributed by atoms with Crippen LogP contribution in [0.2, 0.25) is 0 Å². The number of hydrogen-bond donors (Lipinski definition) is 0. The molecule has 0 spiro atoms. The number of aromatic nitrogens is 2. The van der Waals surface area contributed by atoms with E-state index in [-0.39, 0.29) is 5.56 Å². The first kappa shape index (κ1) is 20.3. The van der Waals surface area contributed by atoms with Gasteiger partial charge in [-0.25, -0.2) is 9.38 Å². The smallest absolute Gasteiger partial charge is 0.274 e. The number of thiazole rings is 1. The van der Waals surface area contributed by atoms with Crippen molar-refractivity contribution in [2.75, 3.05) is 6.61 Å². The van der Waals surface area contributed by atoms with Crippen molar-refractivity contribution in [1.29, 1.82) is 0 Å². The van der Waals surface area contributed by atoms with Crippen LogP contribution in [0.25, 0.3) is 22.1 Å². The number of imidazole rings is 1. The maximum atomic E-state index is 13.0. The highest BCUT2D eigenvalue weighted by molar-refractivity contribution is 7.15. The maximum absolute atomic E-state index is 13.0. The third-order valence-corrected chi connectivity index (χ3v) is 6.16. The summed E-state index contributed by atoms with van der Waals surface area (Å²) in [5.41, 5.74) is 4.78. The Morgan fingerprint density at radius 3 is 2.72 bits per heavy atom. The third-order valence-electron chi connectivity index (χ3n) is 5.19. The molecule has 0 atom stereocenters. The van der Waals surface area contributed by atoms with E-state index in [1.54, 1.807) is 4.40 Å². The Morgan fingerprint density at radius 1 is 1.00 bits per heavy atom. The molecule has 2 aromatic heterocycles. The first-order chi connectivity index (χ1) is 15.6. The van der Waals surface area contributed by atoms with E-state index in [1.165, 1.54) is 16.9 Å². The maximum Gasteiger partial charge on any atom is 0.274 e. The van der Waals surface area contributed by atoms with Gasteiger partial charge in [0.15, 0.2) is 16.5 Å². The van der Waals surface area contributed by atoms with Crippen LogP contribution in [-0.4, -0.2) is 16.0 Å². The van der Waals surface area contributed by atoms with Gasteiger partial charge in [-0.05, 0) is 55.3 Å². The van der Waals surface area contributed by atoms with E-state index < -0.39 is 0 Å². The quantitative estimate of drug-likeness (QED) is 0.381. The van der Waals surface area contributed by atoms with Gasteiger partial charge in [-0.15, -0.1) is 0 Å². The molecule has 6 heteroatoms. The topological polar surface area (TPSA) is 52.8 Å². The monoisotopic (exact) mass is 442 g/mol. The zero-order valence-corrected chi connectivity index (χ0v) is 18.7. The minimum absolute atomic E-state index is 0.0589. The lowest BCUT2D eigenvalue weighted by atomic mass is 10.1. The summed E-state index contributed by atoms with van der Waals surface area (Å²) in [6.45, 7) is 4.99. The summed E-state index contributed by atoms with van der Waals surface area (Å²) in [6.07, 6.45) is 1.88. The number of aryl methyl sites for hydroxylation is 1. The second-order valence-corrected chi connectivity index (χ2v) is 8.56. The minimum Gasteiger partial charge on any atom is -0.490 e. The molecule has 5 rings (SSSR count). The zero-order valence-electron chi connectivity index (χ0n) is 17.9. The van der Waals surface area contributed by atoms with E-state index in [4.69, 9.17) is 9.47 Å². The largest absolute Gasteiger partial charge is 0.490 e. The Kier molecular flexibility index (Phi) is 5.37. The van der Waals surface area contributed by atoms with Crippen LogP contribution < -0.4 is 19.6 Å². The second-order valence-electron chi connectivity index (χ2n) is 7.55. The summed E-state index contributed by atoms with van der Waals surface area (Å²) in [4.78, 5) is 18.3. The van der Waals surface area contributed by atoms with Crippen molar-refractivity contribution in [3.8, 4) is 11.5 Å². The highest BCUT2D eigenvalue weighted by Crippen LogP contribution is 2.29.